The molecule has 0 radical (unpaired) electrons. The highest BCUT2D eigenvalue weighted by molar-refractivity contribution is 5.76. The van der Waals surface area contributed by atoms with Crippen molar-refractivity contribution in [2.75, 3.05) is 20.1 Å². The number of likely N-dealkylation sites (N-methyl/N-ethyl adjacent to an activating group) is 1. The standard InChI is InChI=1S/C17H38N6O2/c1-22-14(10-9-13-23-17(20)21)16(24)25-15(19)11-7-5-3-2-4-6-8-12-18/h14-15,22H,2-13,18-19H2,1H3,(H4,20,21,23)/t14-,15?/m0/s1. The molecular weight excluding hydrogens is 320 g/mol. The third-order valence-electron chi connectivity index (χ3n) is 4.08. The van der Waals surface area contributed by atoms with Gasteiger partial charge in [0.05, 0.1) is 0 Å². The average molecular weight is 359 g/mol. The van der Waals surface area contributed by atoms with Crippen molar-refractivity contribution in [3.63, 3.8) is 0 Å². The van der Waals surface area contributed by atoms with Crippen LogP contribution in [0.15, 0.2) is 0 Å². The van der Waals surface area contributed by atoms with Crippen LogP contribution in [-0.2, 0) is 9.53 Å². The Morgan fingerprint density at radius 3 is 2.20 bits per heavy atom. The van der Waals surface area contributed by atoms with Gasteiger partial charge in [-0.3, -0.25) is 15.9 Å². The largest absolute Gasteiger partial charge is 0.446 e. The van der Waals surface area contributed by atoms with Gasteiger partial charge in [-0.15, -0.1) is 0 Å². The highest BCUT2D eigenvalue weighted by Crippen LogP contribution is 2.10. The van der Waals surface area contributed by atoms with E-state index < -0.39 is 6.23 Å². The van der Waals surface area contributed by atoms with Gasteiger partial charge in [-0.2, -0.15) is 0 Å². The Hall–Kier alpha value is -1.38. The molecule has 0 aliphatic rings. The zero-order valence-electron chi connectivity index (χ0n) is 15.7. The molecule has 9 N–H and O–H groups in total. The molecule has 0 spiro atoms. The summed E-state index contributed by atoms with van der Waals surface area (Å²) >= 11 is 0. The number of hydrogen-bond donors (Lipinski definition) is 6. The van der Waals surface area contributed by atoms with Crippen LogP contribution in [0.4, 0.5) is 0 Å². The molecule has 0 heterocycles. The molecular formula is C17H38N6O2. The molecule has 8 nitrogen and oxygen atoms in total. The molecule has 0 fully saturated rings. The van der Waals surface area contributed by atoms with E-state index in [4.69, 9.17) is 27.3 Å². The lowest BCUT2D eigenvalue weighted by Gasteiger charge is -2.19. The highest BCUT2D eigenvalue weighted by atomic mass is 16.6. The van der Waals surface area contributed by atoms with Crippen LogP contribution in [0.5, 0.6) is 0 Å². The van der Waals surface area contributed by atoms with Crippen LogP contribution in [0, 0.1) is 5.41 Å². The van der Waals surface area contributed by atoms with E-state index in [1.54, 1.807) is 7.05 Å². The molecule has 0 aromatic heterocycles. The molecule has 0 saturated heterocycles. The maximum Gasteiger partial charge on any atom is 0.324 e. The first-order chi connectivity index (χ1) is 12.0. The summed E-state index contributed by atoms with van der Waals surface area (Å²) in [5.41, 5.74) is 16.6. The molecule has 0 aliphatic carbocycles. The van der Waals surface area contributed by atoms with Crippen molar-refractivity contribution in [3.8, 4) is 0 Å². The number of nitrogens with two attached hydrogens (primary N) is 3. The van der Waals surface area contributed by atoms with Crippen molar-refractivity contribution >= 4 is 11.9 Å². The summed E-state index contributed by atoms with van der Waals surface area (Å²) in [5.74, 6) is -0.385. The van der Waals surface area contributed by atoms with E-state index >= 15 is 0 Å². The molecule has 0 aliphatic heterocycles. The first-order valence-corrected chi connectivity index (χ1v) is 9.42. The number of esters is 1. The quantitative estimate of drug-likeness (QED) is 0.0782. The zero-order chi connectivity index (χ0) is 18.9. The Bertz CT molecular complexity index is 354. The predicted molar refractivity (Wildman–Crippen MR) is 102 cm³/mol. The van der Waals surface area contributed by atoms with E-state index in [1.165, 1.54) is 25.7 Å². The van der Waals surface area contributed by atoms with Gasteiger partial charge in [0.1, 0.15) is 6.04 Å². The second-order valence-electron chi connectivity index (χ2n) is 6.35. The number of carbonyl (C=O) groups is 1. The zero-order valence-corrected chi connectivity index (χ0v) is 15.7. The maximum absolute atomic E-state index is 12.1. The minimum absolute atomic E-state index is 0.0648. The number of carbonyl (C=O) groups excluding carboxylic acids is 1. The Labute approximate surface area is 152 Å². The van der Waals surface area contributed by atoms with Gasteiger partial charge in [0.25, 0.3) is 0 Å². The number of guanidine groups is 1. The van der Waals surface area contributed by atoms with Crippen LogP contribution in [-0.4, -0.2) is 44.3 Å². The average Bonchev–Trinajstić information content (AvgIpc) is 2.56. The molecule has 2 atom stereocenters. The predicted octanol–water partition coefficient (Wildman–Crippen LogP) is 0.745. The molecule has 0 aromatic carbocycles. The normalized spacial score (nSPS) is 13.2. The van der Waals surface area contributed by atoms with Gasteiger partial charge < -0.3 is 26.8 Å². The van der Waals surface area contributed by atoms with Crippen LogP contribution in [0.2, 0.25) is 0 Å². The van der Waals surface area contributed by atoms with Crippen molar-refractivity contribution in [1.29, 1.82) is 5.41 Å². The third kappa shape index (κ3) is 14.7. The number of rotatable bonds is 16. The molecule has 8 heteroatoms. The van der Waals surface area contributed by atoms with Gasteiger partial charge in [-0.25, -0.2) is 0 Å². The maximum atomic E-state index is 12.1. The lowest BCUT2D eigenvalue weighted by molar-refractivity contribution is -0.151. The van der Waals surface area contributed by atoms with Crippen molar-refractivity contribution < 1.29 is 9.53 Å². The molecule has 25 heavy (non-hydrogen) atoms. The number of ether oxygens (including phenoxy) is 1. The van der Waals surface area contributed by atoms with Gasteiger partial charge in [0.15, 0.2) is 12.2 Å². The van der Waals surface area contributed by atoms with Crippen LogP contribution < -0.4 is 27.8 Å². The Kier molecular flexibility index (Phi) is 15.2. The molecule has 1 unspecified atom stereocenters. The van der Waals surface area contributed by atoms with E-state index in [-0.39, 0.29) is 18.0 Å². The Morgan fingerprint density at radius 1 is 1.04 bits per heavy atom. The van der Waals surface area contributed by atoms with Crippen molar-refractivity contribution in [3.05, 3.63) is 0 Å². The first-order valence-electron chi connectivity index (χ1n) is 9.42. The van der Waals surface area contributed by atoms with Gasteiger partial charge in [0, 0.05) is 6.54 Å². The van der Waals surface area contributed by atoms with Crippen LogP contribution in [0.3, 0.4) is 0 Å². The fourth-order valence-corrected chi connectivity index (χ4v) is 2.57. The monoisotopic (exact) mass is 358 g/mol. The lowest BCUT2D eigenvalue weighted by Crippen LogP contribution is -2.40. The van der Waals surface area contributed by atoms with Crippen molar-refractivity contribution in [1.82, 2.24) is 10.6 Å². The summed E-state index contributed by atoms with van der Waals surface area (Å²) in [6.07, 6.45) is 9.51. The SMILES string of the molecule is CN[C@@H](CCCNC(=N)N)C(=O)OC(N)CCCCCCCCCN. The molecule has 0 saturated carbocycles. The smallest absolute Gasteiger partial charge is 0.324 e. The molecule has 148 valence electrons. The fourth-order valence-electron chi connectivity index (χ4n) is 2.57. The van der Waals surface area contributed by atoms with Crippen LogP contribution in [0.25, 0.3) is 0 Å². The number of hydrogen-bond acceptors (Lipinski definition) is 6. The fraction of sp³-hybridized carbons (Fsp3) is 0.882. The lowest BCUT2D eigenvalue weighted by atomic mass is 10.1. The Balaban J connectivity index is 3.74. The second-order valence-corrected chi connectivity index (χ2v) is 6.35. The molecule has 0 rings (SSSR count). The highest BCUT2D eigenvalue weighted by Gasteiger charge is 2.20. The van der Waals surface area contributed by atoms with Crippen molar-refractivity contribution in [2.24, 2.45) is 17.2 Å². The molecule has 0 amide bonds. The number of nitrogens with one attached hydrogen (secondary N) is 3. The minimum atomic E-state index is -0.545. The van der Waals surface area contributed by atoms with Gasteiger partial charge in [-0.05, 0) is 45.7 Å². The second kappa shape index (κ2) is 16.1. The van der Waals surface area contributed by atoms with E-state index in [1.807, 2.05) is 0 Å². The number of unbranched alkanes of at least 4 members (excludes halogenated alkanes) is 6. The topological polar surface area (TPSA) is 152 Å². The summed E-state index contributed by atoms with van der Waals surface area (Å²) in [5, 5.41) is 12.7. The third-order valence-corrected chi connectivity index (χ3v) is 4.08. The van der Waals surface area contributed by atoms with Crippen LogP contribution in [0.1, 0.15) is 64.2 Å². The Morgan fingerprint density at radius 2 is 1.64 bits per heavy atom. The van der Waals surface area contributed by atoms with E-state index in [2.05, 4.69) is 10.6 Å². The summed E-state index contributed by atoms with van der Waals surface area (Å²) in [4.78, 5) is 12.1. The van der Waals surface area contributed by atoms with Crippen molar-refractivity contribution in [2.45, 2.75) is 76.5 Å². The van der Waals surface area contributed by atoms with Gasteiger partial charge in [0.2, 0.25) is 0 Å². The summed E-state index contributed by atoms with van der Waals surface area (Å²) in [6.45, 7) is 1.33. The summed E-state index contributed by atoms with van der Waals surface area (Å²) in [6, 6.07) is -0.387. The molecule has 0 aromatic rings. The van der Waals surface area contributed by atoms with E-state index in [9.17, 15) is 4.79 Å². The van der Waals surface area contributed by atoms with Crippen LogP contribution >= 0.6 is 0 Å². The summed E-state index contributed by atoms with van der Waals surface area (Å²) < 4.78 is 5.32. The van der Waals surface area contributed by atoms with E-state index in [0.29, 0.717) is 25.8 Å². The minimum Gasteiger partial charge on any atom is -0.446 e. The molecule has 0 bridgehead atoms. The first kappa shape index (κ1) is 23.6. The summed E-state index contributed by atoms with van der Waals surface area (Å²) in [7, 11) is 1.72. The van der Waals surface area contributed by atoms with E-state index in [0.717, 1.165) is 25.8 Å². The van der Waals surface area contributed by atoms with Gasteiger partial charge in [-0.1, -0.05) is 32.1 Å². The van der Waals surface area contributed by atoms with Gasteiger partial charge >= 0.3 is 5.97 Å².